The number of aliphatic carboxylic acids is 1. The van der Waals surface area contributed by atoms with E-state index in [-0.39, 0.29) is 25.6 Å². The first-order valence-electron chi connectivity index (χ1n) is 13.0. The fourth-order valence-corrected chi connectivity index (χ4v) is 3.07. The number of ether oxygens (including phenoxy) is 1. The molecule has 2 rings (SSSR count). The monoisotopic (exact) mass is 576 g/mol. The summed E-state index contributed by atoms with van der Waals surface area (Å²) in [7, 11) is 0. The number of amides is 5. The molecule has 0 aliphatic rings. The van der Waals surface area contributed by atoms with Gasteiger partial charge >= 0.3 is 18.1 Å². The molecule has 226 valence electrons. The Morgan fingerprint density at radius 1 is 1.05 bits per heavy atom. The van der Waals surface area contributed by atoms with Crippen LogP contribution in [0.3, 0.4) is 0 Å². The maximum absolute atomic E-state index is 12.4. The highest BCUT2D eigenvalue weighted by atomic mass is 16.6. The van der Waals surface area contributed by atoms with Crippen LogP contribution >= 0.6 is 0 Å². The van der Waals surface area contributed by atoms with Crippen molar-refractivity contribution in [3.63, 3.8) is 0 Å². The molecule has 5 amide bonds. The van der Waals surface area contributed by atoms with E-state index in [0.717, 1.165) is 11.3 Å². The number of primary amides is 1. The number of rotatable bonds is 13. The molecule has 0 radical (unpaired) electrons. The average Bonchev–Trinajstić information content (AvgIpc) is 3.33. The lowest BCUT2D eigenvalue weighted by molar-refractivity contribution is -0.138. The highest BCUT2D eigenvalue weighted by Gasteiger charge is 2.20. The van der Waals surface area contributed by atoms with Gasteiger partial charge in [0, 0.05) is 12.2 Å². The summed E-state index contributed by atoms with van der Waals surface area (Å²) in [4.78, 5) is 58.2. The molecule has 1 aromatic heterocycles. The number of nitrogens with zero attached hydrogens (tertiary/aromatic N) is 1. The van der Waals surface area contributed by atoms with Gasteiger partial charge in [-0.25, -0.2) is 9.59 Å². The van der Waals surface area contributed by atoms with Gasteiger partial charge in [-0.3, -0.25) is 19.3 Å². The van der Waals surface area contributed by atoms with E-state index in [4.69, 9.17) is 25.7 Å². The number of carbonyl (C=O) groups is 5. The van der Waals surface area contributed by atoms with E-state index < -0.39 is 42.5 Å². The number of carboxylic acids is 1. The molecule has 0 spiro atoms. The Bertz CT molecular complexity index is 1150. The molecule has 0 saturated heterocycles. The van der Waals surface area contributed by atoms with E-state index in [2.05, 4.69) is 16.0 Å². The smallest absolute Gasteiger partial charge is 0.411 e. The van der Waals surface area contributed by atoms with Crippen molar-refractivity contribution >= 4 is 35.6 Å². The van der Waals surface area contributed by atoms with Gasteiger partial charge in [0.2, 0.25) is 11.8 Å². The Kier molecular flexibility index (Phi) is 15.0. The van der Waals surface area contributed by atoms with Crippen LogP contribution in [0.4, 0.5) is 15.3 Å². The number of aryl methyl sites for hydroxylation is 1. The lowest BCUT2D eigenvalue weighted by Gasteiger charge is -2.19. The molecule has 0 bridgehead atoms. The normalized spacial score (nSPS) is 11.0. The molecule has 0 fully saturated rings. The van der Waals surface area contributed by atoms with E-state index in [9.17, 15) is 24.0 Å². The van der Waals surface area contributed by atoms with Crippen LogP contribution in [0.5, 0.6) is 0 Å². The summed E-state index contributed by atoms with van der Waals surface area (Å²) in [6, 6.07) is 8.77. The zero-order valence-electron chi connectivity index (χ0n) is 23.8. The Balaban J connectivity index is 0.00000106. The van der Waals surface area contributed by atoms with Crippen molar-refractivity contribution in [1.82, 2.24) is 15.5 Å². The van der Waals surface area contributed by atoms with Gasteiger partial charge in [0.15, 0.2) is 0 Å². The number of benzene rings is 1. The summed E-state index contributed by atoms with van der Waals surface area (Å²) in [6.45, 7) is 7.13. The maximum Gasteiger partial charge on any atom is 0.411 e. The second-order valence-corrected chi connectivity index (χ2v) is 9.34. The molecule has 1 atom stereocenters. The van der Waals surface area contributed by atoms with Gasteiger partial charge in [-0.05, 0) is 49.1 Å². The highest BCUT2D eigenvalue weighted by molar-refractivity contribution is 5.95. The van der Waals surface area contributed by atoms with Crippen LogP contribution in [-0.2, 0) is 32.3 Å². The SMILES string of the molecule is CCCNC(N)=O.Cc1ccc(CN(CC(=O)O)C(=O)OCc2ccc(NC(=O)CNC(=O)C(N)C(C)C)cc2)o1. The average molecular weight is 577 g/mol. The maximum atomic E-state index is 12.4. The molecule has 0 saturated carbocycles. The number of hydrogen-bond donors (Lipinski definition) is 6. The Labute approximate surface area is 238 Å². The van der Waals surface area contributed by atoms with Gasteiger partial charge in [0.05, 0.1) is 19.1 Å². The zero-order chi connectivity index (χ0) is 30.9. The molecule has 0 aliphatic carbocycles. The molecule has 0 aliphatic heterocycles. The molecule has 8 N–H and O–H groups in total. The van der Waals surface area contributed by atoms with E-state index in [1.807, 2.05) is 20.8 Å². The summed E-state index contributed by atoms with van der Waals surface area (Å²) in [5.41, 5.74) is 11.6. The lowest BCUT2D eigenvalue weighted by Crippen LogP contribution is -2.46. The van der Waals surface area contributed by atoms with Crippen molar-refractivity contribution in [2.45, 2.75) is 53.3 Å². The van der Waals surface area contributed by atoms with Crippen LogP contribution in [0.25, 0.3) is 0 Å². The van der Waals surface area contributed by atoms with Crippen molar-refractivity contribution in [2.75, 3.05) is 25.0 Å². The molecular weight excluding hydrogens is 536 g/mol. The number of nitrogens with two attached hydrogens (primary N) is 2. The van der Waals surface area contributed by atoms with E-state index in [1.165, 1.54) is 0 Å². The standard InChI is InChI=1S/C23H30N4O7.C4H10N2O/c1-14(2)21(24)22(31)25-10-19(28)26-17-7-5-16(6-8-17)13-33-23(32)27(12-20(29)30)11-18-9-4-15(3)34-18;1-2-3-6-4(5)7/h4-9,14,21H,10-13,24H2,1-3H3,(H,25,31)(H,26,28)(H,29,30);2-3H2,1H3,(H3,5,6,7). The molecule has 1 unspecified atom stereocenters. The third-order valence-electron chi connectivity index (χ3n) is 5.32. The van der Waals surface area contributed by atoms with Gasteiger partial charge in [-0.15, -0.1) is 0 Å². The van der Waals surface area contributed by atoms with E-state index in [0.29, 0.717) is 29.3 Å². The van der Waals surface area contributed by atoms with Gasteiger partial charge in [-0.2, -0.15) is 0 Å². The highest BCUT2D eigenvalue weighted by Crippen LogP contribution is 2.13. The quantitative estimate of drug-likeness (QED) is 0.205. The minimum atomic E-state index is -1.18. The van der Waals surface area contributed by atoms with Crippen LogP contribution in [-0.4, -0.2) is 65.6 Å². The van der Waals surface area contributed by atoms with Gasteiger partial charge < -0.3 is 41.7 Å². The minimum absolute atomic E-state index is 0.0391. The van der Waals surface area contributed by atoms with Crippen molar-refractivity contribution in [1.29, 1.82) is 0 Å². The number of furan rings is 1. The summed E-state index contributed by atoms with van der Waals surface area (Å²) in [5.74, 6) is -0.953. The van der Waals surface area contributed by atoms with Crippen LogP contribution in [0.2, 0.25) is 0 Å². The van der Waals surface area contributed by atoms with Crippen LogP contribution < -0.4 is 27.4 Å². The number of hydrogen-bond acceptors (Lipinski definition) is 8. The van der Waals surface area contributed by atoms with Crippen molar-refractivity contribution in [2.24, 2.45) is 17.4 Å². The van der Waals surface area contributed by atoms with Gasteiger partial charge in [-0.1, -0.05) is 32.9 Å². The molecule has 14 nitrogen and oxygen atoms in total. The molecule has 1 heterocycles. The predicted molar refractivity (Wildman–Crippen MR) is 150 cm³/mol. The first kappa shape index (κ1) is 34.4. The van der Waals surface area contributed by atoms with Crippen molar-refractivity contribution < 1.29 is 38.2 Å². The summed E-state index contributed by atoms with van der Waals surface area (Å²) in [5, 5.41) is 16.6. The fraction of sp³-hybridized carbons (Fsp3) is 0.444. The molecule has 41 heavy (non-hydrogen) atoms. The number of urea groups is 1. The Morgan fingerprint density at radius 3 is 2.20 bits per heavy atom. The first-order valence-corrected chi connectivity index (χ1v) is 13.0. The lowest BCUT2D eigenvalue weighted by atomic mass is 10.1. The third kappa shape index (κ3) is 14.4. The first-order chi connectivity index (χ1) is 19.3. The summed E-state index contributed by atoms with van der Waals surface area (Å²) < 4.78 is 10.6. The zero-order valence-corrected chi connectivity index (χ0v) is 23.8. The number of anilines is 1. The van der Waals surface area contributed by atoms with Crippen LogP contribution in [0.15, 0.2) is 40.8 Å². The predicted octanol–water partition coefficient (Wildman–Crippen LogP) is 1.91. The van der Waals surface area contributed by atoms with Gasteiger partial charge in [0.1, 0.15) is 24.7 Å². The van der Waals surface area contributed by atoms with E-state index >= 15 is 0 Å². The topological polar surface area (TPSA) is 219 Å². The number of carboxylic acid groups (broad SMARTS) is 1. The Morgan fingerprint density at radius 2 is 1.71 bits per heavy atom. The third-order valence-corrected chi connectivity index (χ3v) is 5.32. The summed E-state index contributed by atoms with van der Waals surface area (Å²) >= 11 is 0. The number of carbonyl (C=O) groups excluding carboxylic acids is 4. The number of nitrogens with one attached hydrogen (secondary N) is 3. The second-order valence-electron chi connectivity index (χ2n) is 9.34. The molecular formula is C27H40N6O8. The molecule has 14 heteroatoms. The van der Waals surface area contributed by atoms with Gasteiger partial charge in [0.25, 0.3) is 0 Å². The fourth-order valence-electron chi connectivity index (χ4n) is 3.07. The van der Waals surface area contributed by atoms with Crippen molar-refractivity contribution in [3.05, 3.63) is 53.5 Å². The van der Waals surface area contributed by atoms with Crippen LogP contribution in [0, 0.1) is 12.8 Å². The largest absolute Gasteiger partial charge is 0.480 e. The second kappa shape index (κ2) is 17.9. The Hall–Kier alpha value is -4.59. The minimum Gasteiger partial charge on any atom is -0.480 e. The van der Waals surface area contributed by atoms with E-state index in [1.54, 1.807) is 43.3 Å². The summed E-state index contributed by atoms with van der Waals surface area (Å²) in [6.07, 6.45) is 0.132. The molecule has 2 aromatic rings. The van der Waals surface area contributed by atoms with Crippen molar-refractivity contribution in [3.8, 4) is 0 Å². The van der Waals surface area contributed by atoms with Crippen LogP contribution in [0.1, 0.15) is 44.3 Å². The molecule has 1 aromatic carbocycles.